The van der Waals surface area contributed by atoms with E-state index in [1.165, 1.54) is 18.4 Å². The molecule has 1 heterocycles. The summed E-state index contributed by atoms with van der Waals surface area (Å²) in [5, 5.41) is 0. The van der Waals surface area contributed by atoms with Crippen LogP contribution in [0, 0.1) is 13.8 Å². The molecule has 1 aromatic heterocycles. The zero-order valence-electron chi connectivity index (χ0n) is 8.39. The highest BCUT2D eigenvalue weighted by molar-refractivity contribution is 5.21. The summed E-state index contributed by atoms with van der Waals surface area (Å²) in [4.78, 5) is 0. The molecule has 1 fully saturated rings. The van der Waals surface area contributed by atoms with Crippen molar-refractivity contribution in [2.45, 2.75) is 45.1 Å². The first-order valence-corrected chi connectivity index (χ1v) is 4.94. The maximum absolute atomic E-state index is 6.02. The van der Waals surface area contributed by atoms with Crippen molar-refractivity contribution in [3.05, 3.63) is 23.2 Å². The van der Waals surface area contributed by atoms with Gasteiger partial charge in [0.05, 0.1) is 0 Å². The minimum Gasteiger partial charge on any atom is -0.466 e. The van der Waals surface area contributed by atoms with Gasteiger partial charge < -0.3 is 10.2 Å². The summed E-state index contributed by atoms with van der Waals surface area (Å²) >= 11 is 0. The third kappa shape index (κ3) is 1.94. The summed E-state index contributed by atoms with van der Waals surface area (Å²) in [6.07, 6.45) is 4.57. The molecule has 13 heavy (non-hydrogen) atoms. The molecule has 1 aromatic rings. The van der Waals surface area contributed by atoms with Crippen molar-refractivity contribution in [1.82, 2.24) is 0 Å². The lowest BCUT2D eigenvalue weighted by molar-refractivity contribution is 0.498. The Morgan fingerprint density at radius 1 is 1.46 bits per heavy atom. The third-order valence-corrected chi connectivity index (χ3v) is 2.93. The number of rotatable bonds is 3. The number of hydrogen-bond acceptors (Lipinski definition) is 2. The smallest absolute Gasteiger partial charge is 0.104 e. The molecule has 0 saturated heterocycles. The number of nitrogens with two attached hydrogens (primary N) is 1. The highest BCUT2D eigenvalue weighted by atomic mass is 16.3. The summed E-state index contributed by atoms with van der Waals surface area (Å²) in [7, 11) is 0. The highest BCUT2D eigenvalue weighted by Gasteiger charge is 2.37. The fourth-order valence-corrected chi connectivity index (χ4v) is 1.73. The average molecular weight is 179 g/mol. The lowest BCUT2D eigenvalue weighted by Crippen LogP contribution is -2.22. The van der Waals surface area contributed by atoms with Gasteiger partial charge in [0.1, 0.15) is 11.5 Å². The van der Waals surface area contributed by atoms with E-state index in [1.807, 2.05) is 13.8 Å². The van der Waals surface area contributed by atoms with Gasteiger partial charge in [-0.2, -0.15) is 0 Å². The number of hydrogen-bond donors (Lipinski definition) is 1. The Morgan fingerprint density at radius 3 is 2.62 bits per heavy atom. The van der Waals surface area contributed by atoms with Gasteiger partial charge in [-0.15, -0.1) is 0 Å². The molecule has 2 rings (SSSR count). The molecular weight excluding hydrogens is 162 g/mol. The Bertz CT molecular complexity index is 310. The second-order valence-electron chi connectivity index (χ2n) is 4.30. The van der Waals surface area contributed by atoms with Crippen LogP contribution in [-0.2, 0) is 6.42 Å². The van der Waals surface area contributed by atoms with Crippen molar-refractivity contribution in [3.8, 4) is 0 Å². The molecule has 1 aliphatic carbocycles. The van der Waals surface area contributed by atoms with Gasteiger partial charge in [-0.3, -0.25) is 0 Å². The minimum atomic E-state index is 0.164. The van der Waals surface area contributed by atoms with E-state index < -0.39 is 0 Å². The third-order valence-electron chi connectivity index (χ3n) is 2.93. The van der Waals surface area contributed by atoms with Crippen molar-refractivity contribution in [2.75, 3.05) is 0 Å². The van der Waals surface area contributed by atoms with Crippen LogP contribution >= 0.6 is 0 Å². The van der Waals surface area contributed by atoms with E-state index in [0.717, 1.165) is 24.4 Å². The van der Waals surface area contributed by atoms with Gasteiger partial charge in [0.25, 0.3) is 0 Å². The molecular formula is C11H17NO. The predicted molar refractivity (Wildman–Crippen MR) is 52.7 cm³/mol. The monoisotopic (exact) mass is 179 g/mol. The highest BCUT2D eigenvalue weighted by Crippen LogP contribution is 2.36. The number of furan rings is 1. The first kappa shape index (κ1) is 8.82. The van der Waals surface area contributed by atoms with Crippen molar-refractivity contribution in [1.29, 1.82) is 0 Å². The fraction of sp³-hybridized carbons (Fsp3) is 0.636. The maximum Gasteiger partial charge on any atom is 0.104 e. The molecule has 0 atom stereocenters. The molecule has 2 N–H and O–H groups in total. The molecule has 0 spiro atoms. The van der Waals surface area contributed by atoms with E-state index in [-0.39, 0.29) is 5.54 Å². The Morgan fingerprint density at radius 2 is 2.15 bits per heavy atom. The zero-order valence-corrected chi connectivity index (χ0v) is 8.39. The number of aryl methyl sites for hydroxylation is 3. The second-order valence-corrected chi connectivity index (χ2v) is 4.30. The Balaban J connectivity index is 1.97. The van der Waals surface area contributed by atoms with Crippen LogP contribution in [0.4, 0.5) is 0 Å². The Labute approximate surface area is 79.1 Å². The fourth-order valence-electron chi connectivity index (χ4n) is 1.73. The van der Waals surface area contributed by atoms with Crippen LogP contribution in [0.2, 0.25) is 0 Å². The molecule has 0 unspecified atom stereocenters. The van der Waals surface area contributed by atoms with E-state index >= 15 is 0 Å². The first-order valence-electron chi connectivity index (χ1n) is 4.94. The van der Waals surface area contributed by atoms with Crippen molar-refractivity contribution in [2.24, 2.45) is 5.73 Å². The SMILES string of the molecule is Cc1cc(CCC2(N)CC2)c(C)o1. The van der Waals surface area contributed by atoms with E-state index in [9.17, 15) is 0 Å². The van der Waals surface area contributed by atoms with Crippen LogP contribution in [0.3, 0.4) is 0 Å². The Kier molecular flexibility index (Phi) is 1.95. The van der Waals surface area contributed by atoms with E-state index in [2.05, 4.69) is 6.07 Å². The van der Waals surface area contributed by atoms with Crippen molar-refractivity contribution in [3.63, 3.8) is 0 Å². The lowest BCUT2D eigenvalue weighted by Gasteiger charge is -2.06. The van der Waals surface area contributed by atoms with Crippen LogP contribution in [0.5, 0.6) is 0 Å². The van der Waals surface area contributed by atoms with Gasteiger partial charge >= 0.3 is 0 Å². The minimum absolute atomic E-state index is 0.164. The van der Waals surface area contributed by atoms with Crippen LogP contribution in [-0.4, -0.2) is 5.54 Å². The standard InChI is InChI=1S/C11H17NO/c1-8-7-10(9(2)13-8)3-4-11(12)5-6-11/h7H,3-6,12H2,1-2H3. The second kappa shape index (κ2) is 2.88. The summed E-state index contributed by atoms with van der Waals surface area (Å²) in [5.74, 6) is 2.07. The molecule has 72 valence electrons. The molecule has 1 saturated carbocycles. The van der Waals surface area contributed by atoms with Crippen LogP contribution < -0.4 is 5.73 Å². The van der Waals surface area contributed by atoms with Gasteiger partial charge in [-0.1, -0.05) is 0 Å². The van der Waals surface area contributed by atoms with Crippen molar-refractivity contribution < 1.29 is 4.42 Å². The molecule has 0 bridgehead atoms. The van der Waals surface area contributed by atoms with Crippen LogP contribution in [0.25, 0.3) is 0 Å². The van der Waals surface area contributed by atoms with E-state index in [0.29, 0.717) is 0 Å². The maximum atomic E-state index is 6.02. The molecule has 2 heteroatoms. The average Bonchev–Trinajstić information content (AvgIpc) is 2.69. The lowest BCUT2D eigenvalue weighted by atomic mass is 10.1. The van der Waals surface area contributed by atoms with Gasteiger partial charge in [0.2, 0.25) is 0 Å². The zero-order chi connectivity index (χ0) is 9.47. The molecule has 0 aliphatic heterocycles. The molecule has 2 nitrogen and oxygen atoms in total. The van der Waals surface area contributed by atoms with Gasteiger partial charge in [-0.25, -0.2) is 0 Å². The summed E-state index contributed by atoms with van der Waals surface area (Å²) < 4.78 is 5.46. The van der Waals surface area contributed by atoms with Gasteiger partial charge in [0.15, 0.2) is 0 Å². The summed E-state index contributed by atoms with van der Waals surface area (Å²) in [6, 6.07) is 2.13. The normalized spacial score (nSPS) is 19.0. The Hall–Kier alpha value is -0.760. The van der Waals surface area contributed by atoms with E-state index in [1.54, 1.807) is 0 Å². The topological polar surface area (TPSA) is 39.2 Å². The molecule has 1 aliphatic rings. The van der Waals surface area contributed by atoms with Gasteiger partial charge in [-0.05, 0) is 51.2 Å². The molecule has 0 radical (unpaired) electrons. The molecule has 0 aromatic carbocycles. The van der Waals surface area contributed by atoms with Gasteiger partial charge in [0, 0.05) is 5.54 Å². The van der Waals surface area contributed by atoms with Crippen LogP contribution in [0.1, 0.15) is 36.3 Å². The van der Waals surface area contributed by atoms with E-state index in [4.69, 9.17) is 10.2 Å². The summed E-state index contributed by atoms with van der Waals surface area (Å²) in [6.45, 7) is 4.02. The first-order chi connectivity index (χ1) is 6.09. The summed E-state index contributed by atoms with van der Waals surface area (Å²) in [5.41, 5.74) is 7.51. The largest absolute Gasteiger partial charge is 0.466 e. The quantitative estimate of drug-likeness (QED) is 0.773. The van der Waals surface area contributed by atoms with Crippen LogP contribution in [0.15, 0.2) is 10.5 Å². The molecule has 0 amide bonds. The predicted octanol–water partition coefficient (Wildman–Crippen LogP) is 2.32. The van der Waals surface area contributed by atoms with Crippen molar-refractivity contribution >= 4 is 0 Å².